The minimum absolute atomic E-state index is 0.00925. The van der Waals surface area contributed by atoms with E-state index in [1.165, 1.54) is 69.1 Å². The topological polar surface area (TPSA) is 259 Å². The van der Waals surface area contributed by atoms with Crippen LogP contribution in [0.2, 0.25) is 5.02 Å². The summed E-state index contributed by atoms with van der Waals surface area (Å²) < 4.78 is 40.8. The first-order valence-corrected chi connectivity index (χ1v) is 31.9. The molecule has 8 atom stereocenters. The van der Waals surface area contributed by atoms with Crippen LogP contribution in [0.3, 0.4) is 0 Å². The molecule has 504 valence electrons. The summed E-state index contributed by atoms with van der Waals surface area (Å²) in [6, 6.07) is 2.87. The van der Waals surface area contributed by atoms with Gasteiger partial charge in [0, 0.05) is 72.7 Å². The molecule has 0 radical (unpaired) electrons. The molecule has 5 rings (SSSR count). The average molecular weight is 1300 g/mol. The number of halogens is 4. The second-order valence-corrected chi connectivity index (χ2v) is 26.4. The van der Waals surface area contributed by atoms with Crippen LogP contribution in [0.5, 0.6) is 0 Å². The van der Waals surface area contributed by atoms with Gasteiger partial charge in [0.1, 0.15) is 41.8 Å². The fourth-order valence-electron chi connectivity index (χ4n) is 12.0. The molecule has 91 heavy (non-hydrogen) atoms. The van der Waals surface area contributed by atoms with Crippen LogP contribution in [0.1, 0.15) is 136 Å². The third-order valence-electron chi connectivity index (χ3n) is 17.8. The van der Waals surface area contributed by atoms with Crippen molar-refractivity contribution < 1.29 is 65.9 Å². The quantitative estimate of drug-likeness (QED) is 0.237. The monoisotopic (exact) mass is 1300 g/mol. The Bertz CT molecular complexity index is 2930. The van der Waals surface area contributed by atoms with Crippen molar-refractivity contribution >= 4 is 76.6 Å². The summed E-state index contributed by atoms with van der Waals surface area (Å²) in [7, 11) is 8.36. The van der Waals surface area contributed by atoms with Crippen LogP contribution in [0.15, 0.2) is 48.5 Å². The lowest BCUT2D eigenvalue weighted by atomic mass is 9.92. The molecule has 2 saturated heterocycles. The van der Waals surface area contributed by atoms with Crippen molar-refractivity contribution in [3.05, 3.63) is 70.2 Å². The summed E-state index contributed by atoms with van der Waals surface area (Å²) >= 11 is 6.21. The first kappa shape index (κ1) is 74.4. The molecule has 2 aromatic rings. The summed E-state index contributed by atoms with van der Waals surface area (Å²) in [5.41, 5.74) is -1.41. The Morgan fingerprint density at radius 1 is 0.604 bits per heavy atom. The maximum Gasteiger partial charge on any atom is 0.416 e. The smallest absolute Gasteiger partial charge is 0.351 e. The van der Waals surface area contributed by atoms with Gasteiger partial charge in [0.05, 0.1) is 25.2 Å². The highest BCUT2D eigenvalue weighted by atomic mass is 35.5. The van der Waals surface area contributed by atoms with Gasteiger partial charge in [-0.15, -0.1) is 0 Å². The molecule has 3 fully saturated rings. The molecule has 2 aromatic carbocycles. The highest BCUT2D eigenvalue weighted by molar-refractivity contribution is 6.30. The van der Waals surface area contributed by atoms with Gasteiger partial charge in [-0.1, -0.05) is 96.7 Å². The number of rotatable bonds is 11. The lowest BCUT2D eigenvalue weighted by Crippen LogP contribution is -2.64. The molecule has 3 aliphatic rings. The van der Waals surface area contributed by atoms with Crippen molar-refractivity contribution in [3.8, 4) is 0 Å². The zero-order valence-electron chi connectivity index (χ0n) is 55.0. The molecule has 22 nitrogen and oxygen atoms in total. The number of nitrogens with one attached hydrogen (secondary N) is 4. The number of hydrogen-bond acceptors (Lipinski definition) is 11. The van der Waals surface area contributed by atoms with E-state index in [-0.39, 0.29) is 76.2 Å². The SMILES string of the molecule is CC[C@H](C)[C@@H]1NC(=O)[C@H](CC(C)C)N(C)C(=O)C[C@@H](C)NC(=O)[C@H](CC(C)C)N(C)C(=O)C2(CCCC2)NC(=O)[C@@H]2CCCN2C(=O)[C@H](CCc2ccc(C(F)(F)F)cc2)NC(=O)CN(C)C(=O)[C@H](Cc2ccc(Cl)cc2)N(C)C(=O)CN(C)C(=O)CN(C)C1=O. The normalized spacial score (nSPS) is 24.9. The van der Waals surface area contributed by atoms with E-state index >= 15 is 4.79 Å². The Balaban J connectivity index is 1.56. The van der Waals surface area contributed by atoms with Crippen LogP contribution in [0.4, 0.5) is 13.2 Å². The fourth-order valence-corrected chi connectivity index (χ4v) is 12.1. The maximum atomic E-state index is 15.0. The number of alkyl halides is 3. The Labute approximate surface area is 538 Å². The highest BCUT2D eigenvalue weighted by Crippen LogP contribution is 2.34. The number of amides is 11. The maximum absolute atomic E-state index is 15.0. The minimum Gasteiger partial charge on any atom is -0.351 e. The summed E-state index contributed by atoms with van der Waals surface area (Å²) in [4.78, 5) is 168. The number of nitrogens with zero attached hydrogens (tertiary/aromatic N) is 7. The number of fused-ring (bicyclic) bond motifs is 1. The number of benzene rings is 2. The Kier molecular flexibility index (Phi) is 26.8. The predicted octanol–water partition coefficient (Wildman–Crippen LogP) is 4.83. The van der Waals surface area contributed by atoms with Crippen molar-refractivity contribution in [1.29, 1.82) is 0 Å². The van der Waals surface area contributed by atoms with Gasteiger partial charge in [0.15, 0.2) is 0 Å². The van der Waals surface area contributed by atoms with E-state index in [0.29, 0.717) is 41.8 Å². The van der Waals surface area contributed by atoms with E-state index in [4.69, 9.17) is 11.6 Å². The van der Waals surface area contributed by atoms with Crippen LogP contribution >= 0.6 is 11.6 Å². The van der Waals surface area contributed by atoms with E-state index in [1.54, 1.807) is 38.1 Å². The van der Waals surface area contributed by atoms with Gasteiger partial charge in [0.2, 0.25) is 65.0 Å². The molecule has 0 aromatic heterocycles. The van der Waals surface area contributed by atoms with Gasteiger partial charge >= 0.3 is 6.18 Å². The van der Waals surface area contributed by atoms with Crippen LogP contribution < -0.4 is 21.3 Å². The first-order valence-electron chi connectivity index (χ1n) is 31.5. The van der Waals surface area contributed by atoms with Gasteiger partial charge in [-0.3, -0.25) is 52.7 Å². The van der Waals surface area contributed by atoms with Gasteiger partial charge in [0.25, 0.3) is 0 Å². The third kappa shape index (κ3) is 20.1. The molecule has 0 unspecified atom stereocenters. The van der Waals surface area contributed by atoms with Crippen LogP contribution in [-0.2, 0) is 71.8 Å². The molecule has 11 amide bonds. The van der Waals surface area contributed by atoms with Crippen molar-refractivity contribution in [2.45, 2.75) is 186 Å². The zero-order valence-corrected chi connectivity index (χ0v) is 55.8. The van der Waals surface area contributed by atoms with Gasteiger partial charge in [-0.05, 0) is 111 Å². The highest BCUT2D eigenvalue weighted by Gasteiger charge is 2.49. The van der Waals surface area contributed by atoms with E-state index in [1.807, 2.05) is 34.6 Å². The van der Waals surface area contributed by atoms with E-state index in [2.05, 4.69) is 21.3 Å². The standard InChI is InChI=1S/C65H95ClF3N11O11/c1-14-41(6)56-62(90)76(10)37-54(83)74(8)38-55(84)78(12)51(35-44-21-26-46(66)27-22-44)61(89)75(9)36-52(81)71-47(28-23-43-19-24-45(25-20-43)65(67,68)69)60(88)80-31-17-18-48(80)59(87)73-64(29-15-16-30-64)63(91)79(13)50(33-40(4)5)57(85)70-42(7)34-53(82)77(11)49(32-39(2)3)58(86)72-56/h19-22,24-27,39-42,47-51,56H,14-18,23,28-38H2,1-13H3,(H,70,85)(H,71,81)(H,72,86)(H,73,87)/t41-,42+,47-,48-,49-,50-,51-,56-/m0/s1. The van der Waals surface area contributed by atoms with Gasteiger partial charge < -0.3 is 55.6 Å². The Morgan fingerprint density at radius 2 is 1.14 bits per heavy atom. The average Bonchev–Trinajstić information content (AvgIpc) is 1.74. The third-order valence-corrected chi connectivity index (χ3v) is 18.0. The Hall–Kier alpha value is -7.31. The van der Waals surface area contributed by atoms with Crippen molar-refractivity contribution in [1.82, 2.24) is 55.6 Å². The Morgan fingerprint density at radius 3 is 1.71 bits per heavy atom. The molecule has 1 spiro atoms. The number of hydrogen-bond donors (Lipinski definition) is 4. The van der Waals surface area contributed by atoms with Gasteiger partial charge in [-0.2, -0.15) is 13.2 Å². The fraction of sp³-hybridized carbons (Fsp3) is 0.646. The van der Waals surface area contributed by atoms with E-state index < -0.39 is 150 Å². The molecular weight excluding hydrogens is 1200 g/mol. The molecule has 26 heteroatoms. The molecular formula is C65H95ClF3N11O11. The van der Waals surface area contributed by atoms with E-state index in [0.717, 1.165) is 31.7 Å². The summed E-state index contributed by atoms with van der Waals surface area (Å²) in [6.45, 7) is 11.0. The molecule has 1 saturated carbocycles. The number of likely N-dealkylation sites (N-methyl/N-ethyl adjacent to an activating group) is 6. The van der Waals surface area contributed by atoms with E-state index in [9.17, 15) is 61.1 Å². The lowest BCUT2D eigenvalue weighted by molar-refractivity contribution is -0.149. The van der Waals surface area contributed by atoms with Crippen molar-refractivity contribution in [3.63, 3.8) is 0 Å². The summed E-state index contributed by atoms with van der Waals surface area (Å²) in [5, 5.41) is 11.9. The first-order chi connectivity index (χ1) is 42.6. The van der Waals surface area contributed by atoms with Crippen molar-refractivity contribution in [2.75, 3.05) is 68.5 Å². The number of aryl methyl sites for hydroxylation is 1. The molecule has 4 N–H and O–H groups in total. The van der Waals surface area contributed by atoms with Crippen LogP contribution in [0.25, 0.3) is 0 Å². The zero-order chi connectivity index (χ0) is 68.0. The molecule has 0 bridgehead atoms. The van der Waals surface area contributed by atoms with Crippen molar-refractivity contribution in [2.24, 2.45) is 17.8 Å². The minimum atomic E-state index is -4.62. The second-order valence-electron chi connectivity index (χ2n) is 26.0. The molecule has 2 heterocycles. The van der Waals surface area contributed by atoms with Gasteiger partial charge in [-0.25, -0.2) is 0 Å². The lowest BCUT2D eigenvalue weighted by Gasteiger charge is -2.39. The summed E-state index contributed by atoms with van der Waals surface area (Å²) in [6.07, 6.45) is -2.28. The number of carbonyl (C=O) groups is 11. The molecule has 1 aliphatic carbocycles. The molecule has 2 aliphatic heterocycles. The second kappa shape index (κ2) is 32.8. The summed E-state index contributed by atoms with van der Waals surface area (Å²) in [5.74, 6) is -7.79. The van der Waals surface area contributed by atoms with Crippen LogP contribution in [-0.4, -0.2) is 216 Å². The predicted molar refractivity (Wildman–Crippen MR) is 336 cm³/mol. The number of carbonyl (C=O) groups excluding carboxylic acids is 11. The largest absolute Gasteiger partial charge is 0.416 e. The van der Waals surface area contributed by atoms with Crippen LogP contribution in [0, 0.1) is 17.8 Å².